The molecule has 1 amide bonds. The number of benzene rings is 3. The van der Waals surface area contributed by atoms with Crippen molar-refractivity contribution >= 4 is 22.5 Å². The van der Waals surface area contributed by atoms with Crippen LogP contribution in [0.2, 0.25) is 0 Å². The van der Waals surface area contributed by atoms with Crippen LogP contribution in [0.4, 0.5) is 5.69 Å². The Kier molecular flexibility index (Phi) is 4.41. The fraction of sp³-hybridized carbons (Fsp3) is 0.125. The lowest BCUT2D eigenvalue weighted by molar-refractivity contribution is 0.102. The number of nitrogens with one attached hydrogen (secondary N) is 2. The number of H-pyrrole nitrogens is 1. The Morgan fingerprint density at radius 1 is 1.03 bits per heavy atom. The first-order valence-corrected chi connectivity index (χ1v) is 9.61. The molecule has 0 aliphatic carbocycles. The minimum Gasteiger partial charge on any atom is -0.493 e. The van der Waals surface area contributed by atoms with E-state index in [2.05, 4.69) is 10.3 Å². The van der Waals surface area contributed by atoms with Gasteiger partial charge in [0.15, 0.2) is 0 Å². The van der Waals surface area contributed by atoms with Gasteiger partial charge in [0.1, 0.15) is 23.8 Å². The summed E-state index contributed by atoms with van der Waals surface area (Å²) in [5.41, 5.74) is 4.38. The zero-order valence-corrected chi connectivity index (χ0v) is 15.8. The maximum atomic E-state index is 12.7. The number of hydrogen-bond acceptors (Lipinski definition) is 3. The molecule has 144 valence electrons. The van der Waals surface area contributed by atoms with Crippen LogP contribution < -0.4 is 14.8 Å². The third-order valence-corrected chi connectivity index (χ3v) is 5.03. The fourth-order valence-electron chi connectivity index (χ4n) is 3.52. The van der Waals surface area contributed by atoms with Crippen molar-refractivity contribution in [2.75, 3.05) is 11.9 Å². The van der Waals surface area contributed by atoms with Gasteiger partial charge in [0.25, 0.3) is 5.91 Å². The van der Waals surface area contributed by atoms with Crippen LogP contribution in [0.5, 0.6) is 11.5 Å². The van der Waals surface area contributed by atoms with E-state index < -0.39 is 0 Å². The van der Waals surface area contributed by atoms with Gasteiger partial charge in [-0.25, -0.2) is 0 Å². The Bertz CT molecular complexity index is 1180. The molecule has 1 aliphatic rings. The number of rotatable bonds is 5. The summed E-state index contributed by atoms with van der Waals surface area (Å²) in [6, 6.07) is 23.4. The number of ether oxygens (including phenoxy) is 2. The lowest BCUT2D eigenvalue weighted by Gasteiger charge is -2.06. The summed E-state index contributed by atoms with van der Waals surface area (Å²) in [6.07, 6.45) is 0.872. The van der Waals surface area contributed by atoms with Gasteiger partial charge in [-0.2, -0.15) is 0 Å². The van der Waals surface area contributed by atoms with Gasteiger partial charge >= 0.3 is 0 Å². The third kappa shape index (κ3) is 3.67. The monoisotopic (exact) mass is 384 g/mol. The first kappa shape index (κ1) is 17.4. The molecule has 2 N–H and O–H groups in total. The van der Waals surface area contributed by atoms with Crippen LogP contribution in [-0.2, 0) is 13.0 Å². The van der Waals surface area contributed by atoms with Gasteiger partial charge in [0.2, 0.25) is 0 Å². The number of aromatic amines is 1. The zero-order valence-electron chi connectivity index (χ0n) is 15.8. The lowest BCUT2D eigenvalue weighted by Crippen LogP contribution is -2.12. The Morgan fingerprint density at radius 2 is 1.93 bits per heavy atom. The molecule has 0 unspecified atom stereocenters. The normalized spacial score (nSPS) is 12.4. The molecule has 1 aliphatic heterocycles. The second kappa shape index (κ2) is 7.36. The minimum atomic E-state index is -0.174. The molecule has 2 heterocycles. The Morgan fingerprint density at radius 3 is 2.83 bits per heavy atom. The van der Waals surface area contributed by atoms with Crippen LogP contribution in [0.3, 0.4) is 0 Å². The van der Waals surface area contributed by atoms with Gasteiger partial charge in [0, 0.05) is 29.1 Å². The molecule has 0 saturated carbocycles. The van der Waals surface area contributed by atoms with Crippen LogP contribution in [0.25, 0.3) is 10.9 Å². The maximum Gasteiger partial charge on any atom is 0.272 e. The summed E-state index contributed by atoms with van der Waals surface area (Å²) in [5, 5.41) is 3.92. The van der Waals surface area contributed by atoms with Gasteiger partial charge in [-0.05, 0) is 47.5 Å². The molecule has 5 rings (SSSR count). The molecule has 3 aromatic carbocycles. The molecule has 5 heteroatoms. The highest BCUT2D eigenvalue weighted by Gasteiger charge is 2.15. The first-order chi connectivity index (χ1) is 14.2. The average Bonchev–Trinajstić information content (AvgIpc) is 3.39. The summed E-state index contributed by atoms with van der Waals surface area (Å²) in [7, 11) is 0. The number of aromatic nitrogens is 1. The number of amides is 1. The van der Waals surface area contributed by atoms with E-state index in [1.807, 2.05) is 72.8 Å². The van der Waals surface area contributed by atoms with E-state index in [4.69, 9.17) is 9.47 Å². The molecule has 4 aromatic rings. The minimum absolute atomic E-state index is 0.174. The predicted octanol–water partition coefficient (Wildman–Crippen LogP) is 4.93. The first-order valence-electron chi connectivity index (χ1n) is 9.61. The summed E-state index contributed by atoms with van der Waals surface area (Å²) in [4.78, 5) is 15.9. The van der Waals surface area contributed by atoms with Crippen molar-refractivity contribution in [1.82, 2.24) is 4.98 Å². The van der Waals surface area contributed by atoms with E-state index in [0.29, 0.717) is 18.9 Å². The van der Waals surface area contributed by atoms with E-state index in [9.17, 15) is 4.79 Å². The van der Waals surface area contributed by atoms with Crippen LogP contribution in [0.1, 0.15) is 21.6 Å². The van der Waals surface area contributed by atoms with Gasteiger partial charge < -0.3 is 19.8 Å². The number of fused-ring (bicyclic) bond motifs is 2. The van der Waals surface area contributed by atoms with E-state index in [1.54, 1.807) is 0 Å². The third-order valence-electron chi connectivity index (χ3n) is 5.03. The van der Waals surface area contributed by atoms with Crippen molar-refractivity contribution in [3.63, 3.8) is 0 Å². The highest BCUT2D eigenvalue weighted by molar-refractivity contribution is 6.06. The van der Waals surface area contributed by atoms with Crippen molar-refractivity contribution in [3.05, 3.63) is 89.6 Å². The van der Waals surface area contributed by atoms with Crippen LogP contribution in [0.15, 0.2) is 72.8 Å². The molecule has 0 spiro atoms. The van der Waals surface area contributed by atoms with Gasteiger partial charge in [-0.3, -0.25) is 4.79 Å². The van der Waals surface area contributed by atoms with E-state index in [0.717, 1.165) is 45.6 Å². The molecular weight excluding hydrogens is 364 g/mol. The molecule has 1 aromatic heterocycles. The molecule has 0 fully saturated rings. The molecule has 0 radical (unpaired) electrons. The van der Waals surface area contributed by atoms with Gasteiger partial charge in [-0.1, -0.05) is 30.3 Å². The molecule has 0 saturated heterocycles. The van der Waals surface area contributed by atoms with E-state index in [1.165, 1.54) is 0 Å². The Balaban J connectivity index is 1.31. The quantitative estimate of drug-likeness (QED) is 0.513. The summed E-state index contributed by atoms with van der Waals surface area (Å²) < 4.78 is 11.4. The highest BCUT2D eigenvalue weighted by atomic mass is 16.5. The van der Waals surface area contributed by atoms with E-state index in [-0.39, 0.29) is 5.91 Å². The number of anilines is 1. The molecule has 5 nitrogen and oxygen atoms in total. The van der Waals surface area contributed by atoms with Crippen molar-refractivity contribution < 1.29 is 14.3 Å². The molecular formula is C24H20N2O3. The number of hydrogen-bond donors (Lipinski definition) is 2. The maximum absolute atomic E-state index is 12.7. The second-order valence-corrected chi connectivity index (χ2v) is 7.08. The number of carbonyl (C=O) groups excluding carboxylic acids is 1. The van der Waals surface area contributed by atoms with Gasteiger partial charge in [-0.15, -0.1) is 0 Å². The second-order valence-electron chi connectivity index (χ2n) is 7.08. The highest BCUT2D eigenvalue weighted by Crippen LogP contribution is 2.28. The standard InChI is InChI=1S/C24H20N2O3/c27-24(25-19-7-9-23-18(12-19)10-11-28-23)22-13-17-6-8-20(14-21(17)26-22)29-15-16-4-2-1-3-5-16/h1-9,12-14,26H,10-11,15H2,(H,25,27). The fourth-order valence-corrected chi connectivity index (χ4v) is 3.52. The van der Waals surface area contributed by atoms with E-state index >= 15 is 0 Å². The summed E-state index contributed by atoms with van der Waals surface area (Å²) in [5.74, 6) is 1.48. The van der Waals surface area contributed by atoms with Crippen molar-refractivity contribution in [2.24, 2.45) is 0 Å². The number of carbonyl (C=O) groups is 1. The van der Waals surface area contributed by atoms with Gasteiger partial charge in [0.05, 0.1) is 6.61 Å². The SMILES string of the molecule is O=C(Nc1ccc2c(c1)CCO2)c1cc2ccc(OCc3ccccc3)cc2[nH]1. The van der Waals surface area contributed by atoms with Crippen LogP contribution in [0, 0.1) is 0 Å². The van der Waals surface area contributed by atoms with Crippen molar-refractivity contribution in [1.29, 1.82) is 0 Å². The summed E-state index contributed by atoms with van der Waals surface area (Å²) >= 11 is 0. The van der Waals surface area contributed by atoms with Crippen molar-refractivity contribution in [3.8, 4) is 11.5 Å². The van der Waals surface area contributed by atoms with Crippen LogP contribution >= 0.6 is 0 Å². The topological polar surface area (TPSA) is 63.4 Å². The molecule has 0 atom stereocenters. The van der Waals surface area contributed by atoms with Crippen molar-refractivity contribution in [2.45, 2.75) is 13.0 Å². The molecule has 0 bridgehead atoms. The Labute approximate surface area is 168 Å². The molecule has 29 heavy (non-hydrogen) atoms. The Hall–Kier alpha value is -3.73. The largest absolute Gasteiger partial charge is 0.493 e. The zero-order chi connectivity index (χ0) is 19.6. The smallest absolute Gasteiger partial charge is 0.272 e. The predicted molar refractivity (Wildman–Crippen MR) is 113 cm³/mol. The summed E-state index contributed by atoms with van der Waals surface area (Å²) in [6.45, 7) is 1.20. The van der Waals surface area contributed by atoms with Crippen LogP contribution in [-0.4, -0.2) is 17.5 Å². The lowest BCUT2D eigenvalue weighted by atomic mass is 10.1. The average molecular weight is 384 g/mol.